The first-order valence-corrected chi connectivity index (χ1v) is 32.1. The Morgan fingerprint density at radius 3 is 1.20 bits per heavy atom. The van der Waals surface area contributed by atoms with E-state index < -0.39 is 20.0 Å². The van der Waals surface area contributed by atoms with Gasteiger partial charge in [-0.15, -0.1) is 0 Å². The molecular weight excluding hydrogens is 904 g/mol. The molecule has 0 aromatic rings. The number of quaternary nitrogens is 1. The van der Waals surface area contributed by atoms with E-state index in [-0.39, 0.29) is 31.5 Å². The molecule has 71 heavy (non-hydrogen) atoms. The second kappa shape index (κ2) is 52.0. The Labute approximate surface area is 441 Å². The van der Waals surface area contributed by atoms with Crippen LogP contribution in [0.5, 0.6) is 0 Å². The number of amides is 1. The summed E-state index contributed by atoms with van der Waals surface area (Å²) in [7, 11) is 1.20. The zero-order chi connectivity index (χ0) is 52.2. The average molecular weight is 1020 g/mol. The molecule has 0 aliphatic heterocycles. The Morgan fingerprint density at radius 1 is 0.479 bits per heavy atom. The number of esters is 1. The fourth-order valence-corrected chi connectivity index (χ4v) is 9.83. The van der Waals surface area contributed by atoms with Crippen molar-refractivity contribution in [1.29, 1.82) is 0 Å². The Morgan fingerprint density at radius 2 is 0.817 bits per heavy atom. The van der Waals surface area contributed by atoms with Crippen LogP contribution in [0, 0.1) is 0 Å². The van der Waals surface area contributed by atoms with Crippen molar-refractivity contribution in [2.75, 3.05) is 40.9 Å². The number of carbonyl (C=O) groups excluding carboxylic acids is 2. The number of ether oxygens (including phenoxy) is 1. The molecule has 1 amide bonds. The number of allylic oxidation sites excluding steroid dienone is 3. The lowest BCUT2D eigenvalue weighted by Crippen LogP contribution is -2.47. The number of nitrogens with one attached hydrogen (secondary N) is 1. The van der Waals surface area contributed by atoms with Gasteiger partial charge in [-0.3, -0.25) is 14.2 Å². The predicted molar refractivity (Wildman–Crippen MR) is 303 cm³/mol. The average Bonchev–Trinajstić information content (AvgIpc) is 3.33. The quantitative estimate of drug-likeness (QED) is 0.0212. The standard InChI is InChI=1S/C61H119N2O7P/c1-7-10-13-16-19-22-25-27-28-29-30-31-32-33-34-36-38-41-44-47-50-53-60(64)62-58(57-69-71(66,67)68-56-55-63(4,5)6)59(52-49-46-43-40-37-24-21-18-15-12-9-3)70-61(65)54-51-48-45-42-39-35-26-23-20-17-14-11-8-2/h27-28,49,52,58-59H,7-26,29-48,50-51,53-57H2,1-6H3,(H-,62,64,66,67)/b28-27+,52-49-. The molecule has 0 aliphatic carbocycles. The lowest BCUT2D eigenvalue weighted by Gasteiger charge is -2.30. The van der Waals surface area contributed by atoms with Crippen molar-refractivity contribution < 1.29 is 37.3 Å². The van der Waals surface area contributed by atoms with E-state index in [0.717, 1.165) is 57.8 Å². The smallest absolute Gasteiger partial charge is 0.306 e. The maximum absolute atomic E-state index is 13.5. The van der Waals surface area contributed by atoms with Crippen LogP contribution in [0.4, 0.5) is 0 Å². The van der Waals surface area contributed by atoms with Crippen LogP contribution in [0.2, 0.25) is 0 Å². The maximum atomic E-state index is 13.5. The van der Waals surface area contributed by atoms with Gasteiger partial charge in [-0.05, 0) is 57.4 Å². The SMILES string of the molecule is CCCCCCCC/C=C/CCCCCCCCCCCCCC(=O)NC(COP(=O)([O-])OCC[N+](C)(C)C)C(/C=C\CCCCCCCCCCC)OC(=O)CCCCCCCCCCCCCCC. The molecule has 10 heteroatoms. The van der Waals surface area contributed by atoms with E-state index in [1.165, 1.54) is 212 Å². The molecule has 0 aromatic heterocycles. The highest BCUT2D eigenvalue weighted by Crippen LogP contribution is 2.38. The third-order valence-corrected chi connectivity index (χ3v) is 14.8. The summed E-state index contributed by atoms with van der Waals surface area (Å²) in [6.45, 7) is 6.86. The van der Waals surface area contributed by atoms with Crippen LogP contribution < -0.4 is 10.2 Å². The van der Waals surface area contributed by atoms with Gasteiger partial charge in [0.2, 0.25) is 5.91 Å². The molecule has 1 N–H and O–H groups in total. The molecule has 3 atom stereocenters. The van der Waals surface area contributed by atoms with E-state index in [4.69, 9.17) is 13.8 Å². The Balaban J connectivity index is 5.15. The monoisotopic (exact) mass is 1020 g/mol. The van der Waals surface area contributed by atoms with Crippen LogP contribution in [0.15, 0.2) is 24.3 Å². The first-order chi connectivity index (χ1) is 34.4. The molecule has 0 heterocycles. The van der Waals surface area contributed by atoms with Crippen molar-refractivity contribution in [2.45, 2.75) is 315 Å². The van der Waals surface area contributed by atoms with Crippen LogP contribution in [-0.2, 0) is 27.9 Å². The minimum Gasteiger partial charge on any atom is -0.756 e. The third-order valence-electron chi connectivity index (χ3n) is 13.9. The lowest BCUT2D eigenvalue weighted by atomic mass is 10.0. The molecule has 0 aromatic carbocycles. The summed E-state index contributed by atoms with van der Waals surface area (Å²) >= 11 is 0. The molecule has 0 bridgehead atoms. The van der Waals surface area contributed by atoms with Gasteiger partial charge in [0.15, 0.2) is 0 Å². The van der Waals surface area contributed by atoms with E-state index in [9.17, 15) is 19.0 Å². The molecular formula is C61H119N2O7P. The first-order valence-electron chi connectivity index (χ1n) is 30.6. The molecule has 3 unspecified atom stereocenters. The zero-order valence-electron chi connectivity index (χ0n) is 48.0. The van der Waals surface area contributed by atoms with Gasteiger partial charge in [0.25, 0.3) is 7.82 Å². The van der Waals surface area contributed by atoms with Gasteiger partial charge in [0.1, 0.15) is 19.3 Å². The maximum Gasteiger partial charge on any atom is 0.306 e. The van der Waals surface area contributed by atoms with E-state index in [1.807, 2.05) is 33.3 Å². The van der Waals surface area contributed by atoms with E-state index in [0.29, 0.717) is 17.4 Å². The summed E-state index contributed by atoms with van der Waals surface area (Å²) in [6.07, 6.45) is 60.0. The van der Waals surface area contributed by atoms with Gasteiger partial charge in [-0.25, -0.2) is 0 Å². The molecule has 0 radical (unpaired) electrons. The largest absolute Gasteiger partial charge is 0.756 e. The van der Waals surface area contributed by atoms with Gasteiger partial charge >= 0.3 is 5.97 Å². The van der Waals surface area contributed by atoms with E-state index >= 15 is 0 Å². The fourth-order valence-electron chi connectivity index (χ4n) is 9.11. The fraction of sp³-hybridized carbons (Fsp3) is 0.902. The van der Waals surface area contributed by atoms with Crippen molar-refractivity contribution in [2.24, 2.45) is 0 Å². The molecule has 0 saturated carbocycles. The van der Waals surface area contributed by atoms with Gasteiger partial charge in [-0.1, -0.05) is 257 Å². The second-order valence-electron chi connectivity index (χ2n) is 22.2. The lowest BCUT2D eigenvalue weighted by molar-refractivity contribution is -0.870. The first kappa shape index (κ1) is 69.5. The second-order valence-corrected chi connectivity index (χ2v) is 23.6. The van der Waals surface area contributed by atoms with E-state index in [1.54, 1.807) is 0 Å². The number of hydrogen-bond acceptors (Lipinski definition) is 7. The summed E-state index contributed by atoms with van der Waals surface area (Å²) in [5.41, 5.74) is 0. The van der Waals surface area contributed by atoms with Gasteiger partial charge in [0.05, 0.1) is 33.8 Å². The van der Waals surface area contributed by atoms with Crippen molar-refractivity contribution >= 4 is 19.7 Å². The molecule has 0 aliphatic rings. The highest BCUT2D eigenvalue weighted by atomic mass is 31.2. The molecule has 9 nitrogen and oxygen atoms in total. The van der Waals surface area contributed by atoms with Crippen LogP contribution in [0.3, 0.4) is 0 Å². The molecule has 0 fully saturated rings. The van der Waals surface area contributed by atoms with Crippen LogP contribution >= 0.6 is 7.82 Å². The topological polar surface area (TPSA) is 114 Å². The van der Waals surface area contributed by atoms with Crippen LogP contribution in [0.1, 0.15) is 303 Å². The number of nitrogens with zero attached hydrogens (tertiary/aromatic N) is 1. The number of phosphoric acid groups is 1. The third kappa shape index (κ3) is 53.1. The van der Waals surface area contributed by atoms with E-state index in [2.05, 4.69) is 38.2 Å². The summed E-state index contributed by atoms with van der Waals surface area (Å²) in [5, 5.41) is 3.03. The number of likely N-dealkylation sites (N-methyl/N-ethyl adjacent to an activating group) is 1. The Bertz CT molecular complexity index is 1270. The highest BCUT2D eigenvalue weighted by Gasteiger charge is 2.27. The van der Waals surface area contributed by atoms with Gasteiger partial charge in [0, 0.05) is 12.8 Å². The summed E-state index contributed by atoms with van der Waals surface area (Å²) < 4.78 is 30.3. The van der Waals surface area contributed by atoms with Crippen LogP contribution in [-0.4, -0.2) is 69.4 Å². The summed E-state index contributed by atoms with van der Waals surface area (Å²) in [6, 6.07) is -0.881. The minimum atomic E-state index is -4.69. The minimum absolute atomic E-state index is 0.0189. The number of carbonyl (C=O) groups is 2. The Hall–Kier alpha value is -1.51. The molecule has 420 valence electrons. The predicted octanol–water partition coefficient (Wildman–Crippen LogP) is 17.9. The summed E-state index contributed by atoms with van der Waals surface area (Å²) in [5.74, 6) is -0.528. The van der Waals surface area contributed by atoms with Crippen molar-refractivity contribution in [3.8, 4) is 0 Å². The van der Waals surface area contributed by atoms with Crippen molar-refractivity contribution in [3.63, 3.8) is 0 Å². The van der Waals surface area contributed by atoms with Crippen molar-refractivity contribution in [3.05, 3.63) is 24.3 Å². The number of unbranched alkanes of at least 4 members (excludes halogenated alkanes) is 38. The Kier molecular flexibility index (Phi) is 50.8. The van der Waals surface area contributed by atoms with Gasteiger partial charge < -0.3 is 28.5 Å². The van der Waals surface area contributed by atoms with Crippen LogP contribution in [0.25, 0.3) is 0 Å². The highest BCUT2D eigenvalue weighted by molar-refractivity contribution is 7.45. The number of hydrogen-bond donors (Lipinski definition) is 1. The van der Waals surface area contributed by atoms with Gasteiger partial charge in [-0.2, -0.15) is 0 Å². The molecule has 0 spiro atoms. The molecule has 0 rings (SSSR count). The molecule has 0 saturated heterocycles. The number of phosphoric ester groups is 1. The zero-order valence-corrected chi connectivity index (χ0v) is 48.8. The normalized spacial score (nSPS) is 13.8. The number of rotatable bonds is 56. The van der Waals surface area contributed by atoms with Crippen molar-refractivity contribution in [1.82, 2.24) is 5.32 Å². The summed E-state index contributed by atoms with van der Waals surface area (Å²) in [4.78, 5) is 39.9.